The molecule has 0 saturated carbocycles. The van der Waals surface area contributed by atoms with Gasteiger partial charge in [-0.15, -0.1) is 0 Å². The van der Waals surface area contributed by atoms with Crippen LogP contribution in [0.5, 0.6) is 0 Å². The molecule has 2 heterocycles. The van der Waals surface area contributed by atoms with Crippen molar-refractivity contribution in [1.82, 2.24) is 25.1 Å². The number of aromatic nitrogens is 4. The van der Waals surface area contributed by atoms with Gasteiger partial charge in [-0.05, 0) is 48.4 Å². The summed E-state index contributed by atoms with van der Waals surface area (Å²) in [5, 5.41) is 11.0. The molecule has 0 aliphatic heterocycles. The standard InChI is InChI=1S/C23H20Cl2N6O/c1-14-9-15(21-7-8-26-23(30-21)29-18-12-28-31(2)13-18)3-4-17(14)11-27-22(32)16-5-6-19(24)20(25)10-16/h3-10,12-13H,11H2,1-2H3,(H,27,32)(H,26,29,30). The summed E-state index contributed by atoms with van der Waals surface area (Å²) in [6.45, 7) is 2.39. The molecule has 0 aliphatic carbocycles. The van der Waals surface area contributed by atoms with Gasteiger partial charge < -0.3 is 10.6 Å². The minimum absolute atomic E-state index is 0.214. The molecule has 2 N–H and O–H groups in total. The van der Waals surface area contributed by atoms with Gasteiger partial charge in [-0.25, -0.2) is 9.97 Å². The molecule has 9 heteroatoms. The molecule has 4 aromatic rings. The lowest BCUT2D eigenvalue weighted by Gasteiger charge is -2.11. The van der Waals surface area contributed by atoms with Crippen LogP contribution in [0.4, 0.5) is 11.6 Å². The lowest BCUT2D eigenvalue weighted by atomic mass is 10.0. The van der Waals surface area contributed by atoms with Crippen molar-refractivity contribution >= 4 is 40.7 Å². The Morgan fingerprint density at radius 3 is 2.66 bits per heavy atom. The van der Waals surface area contributed by atoms with Crippen molar-refractivity contribution in [3.8, 4) is 11.3 Å². The first kappa shape index (κ1) is 21.8. The zero-order valence-electron chi connectivity index (χ0n) is 17.4. The molecule has 1 amide bonds. The Balaban J connectivity index is 1.45. The maximum atomic E-state index is 12.4. The van der Waals surface area contributed by atoms with Crippen molar-refractivity contribution in [1.29, 1.82) is 0 Å². The molecular weight excluding hydrogens is 447 g/mol. The zero-order valence-corrected chi connectivity index (χ0v) is 18.9. The molecule has 162 valence electrons. The third kappa shape index (κ3) is 5.07. The van der Waals surface area contributed by atoms with E-state index >= 15 is 0 Å². The second-order valence-electron chi connectivity index (χ2n) is 7.25. The van der Waals surface area contributed by atoms with Gasteiger partial charge in [0.2, 0.25) is 5.95 Å². The van der Waals surface area contributed by atoms with Gasteiger partial charge in [-0.1, -0.05) is 35.3 Å². The Morgan fingerprint density at radius 2 is 1.94 bits per heavy atom. The van der Waals surface area contributed by atoms with E-state index < -0.39 is 0 Å². The van der Waals surface area contributed by atoms with E-state index in [1.807, 2.05) is 44.4 Å². The third-order valence-electron chi connectivity index (χ3n) is 4.88. The van der Waals surface area contributed by atoms with Crippen LogP contribution in [0.1, 0.15) is 21.5 Å². The van der Waals surface area contributed by atoms with E-state index in [4.69, 9.17) is 23.2 Å². The minimum atomic E-state index is -0.214. The summed E-state index contributed by atoms with van der Waals surface area (Å²) >= 11 is 11.9. The van der Waals surface area contributed by atoms with Gasteiger partial charge in [0, 0.05) is 37.1 Å². The van der Waals surface area contributed by atoms with Crippen molar-refractivity contribution < 1.29 is 4.79 Å². The maximum Gasteiger partial charge on any atom is 0.251 e. The first-order valence-electron chi connectivity index (χ1n) is 9.81. The van der Waals surface area contributed by atoms with E-state index in [2.05, 4.69) is 25.7 Å². The lowest BCUT2D eigenvalue weighted by Crippen LogP contribution is -2.23. The van der Waals surface area contributed by atoms with Crippen LogP contribution in [0.2, 0.25) is 10.0 Å². The van der Waals surface area contributed by atoms with Gasteiger partial charge >= 0.3 is 0 Å². The number of rotatable bonds is 6. The molecule has 0 saturated heterocycles. The number of nitrogens with one attached hydrogen (secondary N) is 2. The third-order valence-corrected chi connectivity index (χ3v) is 5.62. The highest BCUT2D eigenvalue weighted by molar-refractivity contribution is 6.42. The van der Waals surface area contributed by atoms with Crippen LogP contribution in [0, 0.1) is 6.92 Å². The van der Waals surface area contributed by atoms with Crippen LogP contribution >= 0.6 is 23.2 Å². The molecular formula is C23H20Cl2N6O. The molecule has 0 radical (unpaired) electrons. The molecule has 0 aliphatic rings. The fraction of sp³-hybridized carbons (Fsp3) is 0.130. The summed E-state index contributed by atoms with van der Waals surface area (Å²) in [4.78, 5) is 21.3. The molecule has 0 atom stereocenters. The fourth-order valence-corrected chi connectivity index (χ4v) is 3.46. The van der Waals surface area contributed by atoms with Crippen LogP contribution in [-0.4, -0.2) is 25.7 Å². The van der Waals surface area contributed by atoms with Crippen LogP contribution < -0.4 is 10.6 Å². The largest absolute Gasteiger partial charge is 0.348 e. The average molecular weight is 467 g/mol. The Hall–Kier alpha value is -3.42. The number of nitrogens with zero attached hydrogens (tertiary/aromatic N) is 4. The number of aryl methyl sites for hydroxylation is 2. The first-order valence-corrected chi connectivity index (χ1v) is 10.6. The van der Waals surface area contributed by atoms with E-state index in [9.17, 15) is 4.79 Å². The summed E-state index contributed by atoms with van der Waals surface area (Å²) in [5.41, 5.74) is 5.07. The molecule has 4 rings (SSSR count). The second kappa shape index (κ2) is 9.38. The fourth-order valence-electron chi connectivity index (χ4n) is 3.16. The highest BCUT2D eigenvalue weighted by Crippen LogP contribution is 2.24. The highest BCUT2D eigenvalue weighted by atomic mass is 35.5. The molecule has 32 heavy (non-hydrogen) atoms. The maximum absolute atomic E-state index is 12.4. The number of hydrogen-bond donors (Lipinski definition) is 2. The number of amides is 1. The SMILES string of the molecule is Cc1cc(-c2ccnc(Nc3cnn(C)c3)n2)ccc1CNC(=O)c1ccc(Cl)c(Cl)c1. The van der Waals surface area contributed by atoms with E-state index in [1.54, 1.807) is 35.3 Å². The molecule has 2 aromatic heterocycles. The van der Waals surface area contributed by atoms with Gasteiger partial charge in [0.25, 0.3) is 5.91 Å². The second-order valence-corrected chi connectivity index (χ2v) is 8.06. The van der Waals surface area contributed by atoms with Crippen LogP contribution in [0.25, 0.3) is 11.3 Å². The number of carbonyl (C=O) groups excluding carboxylic acids is 1. The number of anilines is 2. The van der Waals surface area contributed by atoms with E-state index in [1.165, 1.54) is 0 Å². The monoisotopic (exact) mass is 466 g/mol. The predicted molar refractivity (Wildman–Crippen MR) is 126 cm³/mol. The number of hydrogen-bond acceptors (Lipinski definition) is 5. The topological polar surface area (TPSA) is 84.7 Å². The molecule has 7 nitrogen and oxygen atoms in total. The van der Waals surface area contributed by atoms with E-state index in [-0.39, 0.29) is 5.91 Å². The van der Waals surface area contributed by atoms with E-state index in [0.717, 1.165) is 28.1 Å². The number of carbonyl (C=O) groups is 1. The number of halogens is 2. The Labute approximate surface area is 195 Å². The Morgan fingerprint density at radius 1 is 1.09 bits per heavy atom. The summed E-state index contributed by atoms with van der Waals surface area (Å²) in [7, 11) is 1.85. The predicted octanol–water partition coefficient (Wildman–Crippen LogP) is 5.17. The van der Waals surface area contributed by atoms with Gasteiger partial charge in [-0.2, -0.15) is 5.10 Å². The first-order chi connectivity index (χ1) is 15.4. The minimum Gasteiger partial charge on any atom is -0.348 e. The van der Waals surface area contributed by atoms with Gasteiger partial charge in [-0.3, -0.25) is 9.48 Å². The van der Waals surface area contributed by atoms with Crippen molar-refractivity contribution in [3.63, 3.8) is 0 Å². The Kier molecular flexibility index (Phi) is 6.39. The lowest BCUT2D eigenvalue weighted by molar-refractivity contribution is 0.0951. The quantitative estimate of drug-likeness (QED) is 0.409. The molecule has 0 unspecified atom stereocenters. The Bertz CT molecular complexity index is 1290. The molecule has 2 aromatic carbocycles. The average Bonchev–Trinajstić information content (AvgIpc) is 3.19. The van der Waals surface area contributed by atoms with E-state index in [0.29, 0.717) is 28.1 Å². The van der Waals surface area contributed by atoms with Crippen LogP contribution in [0.15, 0.2) is 61.1 Å². The summed E-state index contributed by atoms with van der Waals surface area (Å²) < 4.78 is 1.70. The summed E-state index contributed by atoms with van der Waals surface area (Å²) in [6.07, 6.45) is 5.27. The smallest absolute Gasteiger partial charge is 0.251 e. The molecule has 0 fully saturated rings. The van der Waals surface area contributed by atoms with Gasteiger partial charge in [0.15, 0.2) is 0 Å². The summed E-state index contributed by atoms with van der Waals surface area (Å²) in [6, 6.07) is 12.7. The highest BCUT2D eigenvalue weighted by Gasteiger charge is 2.10. The van der Waals surface area contributed by atoms with Gasteiger partial charge in [0.05, 0.1) is 27.6 Å². The van der Waals surface area contributed by atoms with Crippen LogP contribution in [-0.2, 0) is 13.6 Å². The van der Waals surface area contributed by atoms with Crippen molar-refractivity contribution in [2.45, 2.75) is 13.5 Å². The van der Waals surface area contributed by atoms with Crippen molar-refractivity contribution in [3.05, 3.63) is 87.8 Å². The van der Waals surface area contributed by atoms with Crippen LogP contribution in [0.3, 0.4) is 0 Å². The zero-order chi connectivity index (χ0) is 22.7. The summed E-state index contributed by atoms with van der Waals surface area (Å²) in [5.74, 6) is 0.278. The normalized spacial score (nSPS) is 10.8. The molecule has 0 spiro atoms. The molecule has 0 bridgehead atoms. The van der Waals surface area contributed by atoms with Crippen molar-refractivity contribution in [2.24, 2.45) is 7.05 Å². The number of benzene rings is 2. The van der Waals surface area contributed by atoms with Crippen molar-refractivity contribution in [2.75, 3.05) is 5.32 Å². The van der Waals surface area contributed by atoms with Gasteiger partial charge in [0.1, 0.15) is 0 Å².